The number of amides is 1. The summed E-state index contributed by atoms with van der Waals surface area (Å²) in [5, 5.41) is 19.1. The summed E-state index contributed by atoms with van der Waals surface area (Å²) in [7, 11) is -4.24. The van der Waals surface area contributed by atoms with Crippen molar-refractivity contribution in [3.05, 3.63) is 82.3 Å². The smallest absolute Gasteiger partial charge is 0.413 e. The van der Waals surface area contributed by atoms with E-state index in [1.54, 1.807) is 19.1 Å². The Balaban J connectivity index is 1.20. The van der Waals surface area contributed by atoms with Crippen LogP contribution in [0.2, 0.25) is 5.02 Å². The van der Waals surface area contributed by atoms with Gasteiger partial charge in [0.05, 0.1) is 54.4 Å². The van der Waals surface area contributed by atoms with Crippen LogP contribution in [0.5, 0.6) is 0 Å². The lowest BCUT2D eigenvalue weighted by molar-refractivity contribution is -0.280. The number of carbonyl (C=O) groups excluding carboxylic acids is 3. The normalized spacial score (nSPS) is 19.1. The fourth-order valence-electron chi connectivity index (χ4n) is 5.21. The summed E-state index contributed by atoms with van der Waals surface area (Å²) in [5.41, 5.74) is -0.142. The maximum absolute atomic E-state index is 13.8. The summed E-state index contributed by atoms with van der Waals surface area (Å²) in [6.45, 7) is 2.24. The molecule has 1 fully saturated rings. The first kappa shape index (κ1) is 38.5. The summed E-state index contributed by atoms with van der Waals surface area (Å²) in [5.74, 6) is -5.07. The summed E-state index contributed by atoms with van der Waals surface area (Å²) < 4.78 is 77.7. The first-order valence-electron chi connectivity index (χ1n) is 15.3. The highest BCUT2D eigenvalue weighted by atomic mass is 35.5. The van der Waals surface area contributed by atoms with Crippen molar-refractivity contribution in [2.45, 2.75) is 68.8 Å². The van der Waals surface area contributed by atoms with E-state index in [0.29, 0.717) is 31.1 Å². The van der Waals surface area contributed by atoms with Crippen molar-refractivity contribution < 1.29 is 60.1 Å². The molecule has 1 saturated heterocycles. The van der Waals surface area contributed by atoms with Crippen LogP contribution in [0.25, 0.3) is 0 Å². The molecule has 3 atom stereocenters. The second kappa shape index (κ2) is 16.6. The summed E-state index contributed by atoms with van der Waals surface area (Å²) in [4.78, 5) is 38.6. The van der Waals surface area contributed by atoms with E-state index in [0.717, 1.165) is 23.1 Å². The fourth-order valence-corrected chi connectivity index (χ4v) is 6.31. The third kappa shape index (κ3) is 9.69. The summed E-state index contributed by atoms with van der Waals surface area (Å²) in [6, 6.07) is 6.35. The quantitative estimate of drug-likeness (QED) is 0.116. The highest BCUT2D eigenvalue weighted by molar-refractivity contribution is 7.89. The molecule has 4 N–H and O–H groups in total. The Morgan fingerprint density at radius 1 is 1.08 bits per heavy atom. The molecule has 0 radical (unpaired) electrons. The molecule has 1 aliphatic heterocycles. The van der Waals surface area contributed by atoms with Gasteiger partial charge >= 0.3 is 18.0 Å². The number of sulfonamides is 1. The van der Waals surface area contributed by atoms with Gasteiger partial charge in [0.2, 0.25) is 22.6 Å². The maximum Gasteiger partial charge on any atom is 0.413 e. The zero-order chi connectivity index (χ0) is 36.6. The Morgan fingerprint density at radius 2 is 1.80 bits per heavy atom. The molecule has 50 heavy (non-hydrogen) atoms. The number of esters is 2. The Bertz CT molecular complexity index is 1780. The standard InChI is InChI=1S/C32H36ClF2N3O11S/c1-19-17-49-32(42,21-11-22(34)13-23(35)12-21)20(2)38(19)31(41)48-18-47-29(39)8-4-3-5-9-46-30(40)25-14-28(50(36,43)44)26(33)15-27(25)37-16-24-7-6-10-45-24/h6-7,10-15,19-20,37,42H,3-5,8-9,16-18H2,1-2H3,(H2,36,43,44)/t19-,20+,32-/m1/s1. The van der Waals surface area contributed by atoms with Crippen molar-refractivity contribution in [2.75, 3.05) is 25.3 Å². The number of furan rings is 1. The number of nitrogens with zero attached hydrogens (tertiary/aromatic N) is 1. The maximum atomic E-state index is 13.8. The number of aliphatic hydroxyl groups is 1. The Hall–Kier alpha value is -4.29. The van der Waals surface area contributed by atoms with Gasteiger partial charge in [0.15, 0.2) is 0 Å². The van der Waals surface area contributed by atoms with Crippen molar-refractivity contribution in [2.24, 2.45) is 5.14 Å². The van der Waals surface area contributed by atoms with Crippen molar-refractivity contribution in [3.63, 3.8) is 0 Å². The molecule has 0 bridgehead atoms. The minimum atomic E-state index is -4.24. The number of unbranched alkanes of at least 4 members (excludes halogenated alkanes) is 2. The van der Waals surface area contributed by atoms with Crippen molar-refractivity contribution in [1.29, 1.82) is 0 Å². The molecule has 0 unspecified atom stereocenters. The van der Waals surface area contributed by atoms with Gasteiger partial charge in [-0.3, -0.25) is 9.69 Å². The molecule has 2 aromatic carbocycles. The molecule has 4 rings (SSSR count). The topological polar surface area (TPSA) is 197 Å². The third-order valence-corrected chi connectivity index (χ3v) is 9.16. The zero-order valence-corrected chi connectivity index (χ0v) is 28.6. The van der Waals surface area contributed by atoms with E-state index in [2.05, 4.69) is 5.32 Å². The fraction of sp³-hybridized carbons (Fsp3) is 0.406. The number of primary sulfonamides is 1. The van der Waals surface area contributed by atoms with Gasteiger partial charge in [-0.2, -0.15) is 0 Å². The number of hydrogen-bond donors (Lipinski definition) is 3. The number of halogens is 3. The minimum Gasteiger partial charge on any atom is -0.467 e. The van der Waals surface area contributed by atoms with E-state index in [1.807, 2.05) is 0 Å². The second-order valence-electron chi connectivity index (χ2n) is 11.4. The van der Waals surface area contributed by atoms with Gasteiger partial charge in [-0.25, -0.2) is 31.9 Å². The lowest BCUT2D eigenvalue weighted by Crippen LogP contribution is -2.62. The van der Waals surface area contributed by atoms with Crippen LogP contribution < -0.4 is 10.5 Å². The number of rotatable bonds is 14. The van der Waals surface area contributed by atoms with Crippen LogP contribution in [0.1, 0.15) is 61.2 Å². The van der Waals surface area contributed by atoms with E-state index in [1.165, 1.54) is 19.3 Å². The van der Waals surface area contributed by atoms with Gasteiger partial charge in [0.25, 0.3) is 0 Å². The van der Waals surface area contributed by atoms with Gasteiger partial charge in [0, 0.05) is 18.1 Å². The SMILES string of the molecule is C[C@@H]1CO[C@@](O)(c2cc(F)cc(F)c2)[C@H](C)N1C(=O)OCOC(=O)CCCCCOC(=O)c1cc(S(N)(=O)=O)c(Cl)cc1NCc1ccco1. The van der Waals surface area contributed by atoms with Gasteiger partial charge in [0.1, 0.15) is 22.3 Å². The van der Waals surface area contributed by atoms with Crippen LogP contribution in [-0.4, -0.2) is 68.5 Å². The van der Waals surface area contributed by atoms with E-state index in [-0.39, 0.29) is 48.0 Å². The molecule has 0 aliphatic carbocycles. The number of benzene rings is 2. The van der Waals surface area contributed by atoms with Crippen molar-refractivity contribution in [1.82, 2.24) is 4.90 Å². The van der Waals surface area contributed by atoms with Crippen LogP contribution in [-0.2, 0) is 46.1 Å². The number of nitrogens with one attached hydrogen (secondary N) is 1. The molecule has 3 aromatic rings. The van der Waals surface area contributed by atoms with Gasteiger partial charge in [-0.05, 0) is 69.5 Å². The van der Waals surface area contributed by atoms with Crippen molar-refractivity contribution >= 4 is 45.3 Å². The molecule has 0 spiro atoms. The number of carbonyl (C=O) groups is 3. The molecule has 272 valence electrons. The zero-order valence-electron chi connectivity index (χ0n) is 27.0. The molecule has 1 amide bonds. The average molecular weight is 744 g/mol. The Morgan fingerprint density at radius 3 is 2.46 bits per heavy atom. The van der Waals surface area contributed by atoms with E-state index in [4.69, 9.17) is 40.1 Å². The average Bonchev–Trinajstić information content (AvgIpc) is 3.56. The number of ether oxygens (including phenoxy) is 4. The minimum absolute atomic E-state index is 0.0451. The highest BCUT2D eigenvalue weighted by Crippen LogP contribution is 2.36. The molecule has 1 aromatic heterocycles. The number of anilines is 1. The molecular weight excluding hydrogens is 708 g/mol. The van der Waals surface area contributed by atoms with E-state index in [9.17, 15) is 36.7 Å². The third-order valence-electron chi connectivity index (χ3n) is 7.78. The van der Waals surface area contributed by atoms with Gasteiger partial charge in [-0.1, -0.05) is 11.6 Å². The number of hydrogen-bond acceptors (Lipinski definition) is 12. The predicted molar refractivity (Wildman–Crippen MR) is 172 cm³/mol. The van der Waals surface area contributed by atoms with Crippen LogP contribution in [0.4, 0.5) is 19.3 Å². The lowest BCUT2D eigenvalue weighted by Gasteiger charge is -2.47. The summed E-state index contributed by atoms with van der Waals surface area (Å²) in [6.07, 6.45) is 1.60. The predicted octanol–water partition coefficient (Wildman–Crippen LogP) is 4.78. The van der Waals surface area contributed by atoms with Crippen molar-refractivity contribution in [3.8, 4) is 0 Å². The number of nitrogens with two attached hydrogens (primary N) is 1. The molecule has 2 heterocycles. The van der Waals surface area contributed by atoms with Crippen LogP contribution >= 0.6 is 11.6 Å². The molecule has 18 heteroatoms. The molecule has 0 saturated carbocycles. The monoisotopic (exact) mass is 743 g/mol. The van der Waals surface area contributed by atoms with Crippen LogP contribution in [0, 0.1) is 11.6 Å². The Kier molecular flexibility index (Phi) is 12.8. The largest absolute Gasteiger partial charge is 0.467 e. The molecule has 1 aliphatic rings. The first-order chi connectivity index (χ1) is 23.6. The molecular formula is C32H36ClF2N3O11S. The van der Waals surface area contributed by atoms with E-state index >= 15 is 0 Å². The Labute approximate surface area is 291 Å². The first-order valence-corrected chi connectivity index (χ1v) is 17.3. The lowest BCUT2D eigenvalue weighted by atomic mass is 9.94. The van der Waals surface area contributed by atoms with Gasteiger partial charge < -0.3 is 33.8 Å². The summed E-state index contributed by atoms with van der Waals surface area (Å²) >= 11 is 6.10. The second-order valence-corrected chi connectivity index (χ2v) is 13.3. The van der Waals surface area contributed by atoms with Crippen LogP contribution in [0.3, 0.4) is 0 Å². The van der Waals surface area contributed by atoms with Crippen LogP contribution in [0.15, 0.2) is 58.0 Å². The van der Waals surface area contributed by atoms with Gasteiger partial charge in [-0.15, -0.1) is 0 Å². The molecule has 14 nitrogen and oxygen atoms in total. The highest BCUT2D eigenvalue weighted by Gasteiger charge is 2.49. The van der Waals surface area contributed by atoms with E-state index < -0.39 is 69.2 Å². The number of morpholine rings is 1.